The van der Waals surface area contributed by atoms with Crippen molar-refractivity contribution in [2.75, 3.05) is 6.61 Å². The van der Waals surface area contributed by atoms with Crippen LogP contribution in [0.2, 0.25) is 0 Å². The van der Waals surface area contributed by atoms with Gasteiger partial charge in [-0.2, -0.15) is 0 Å². The number of amides is 1. The molecular formula is C16H20N2O2S. The van der Waals surface area contributed by atoms with Crippen LogP contribution in [0, 0.1) is 6.92 Å². The quantitative estimate of drug-likeness (QED) is 0.891. The van der Waals surface area contributed by atoms with Crippen LogP contribution in [0.15, 0.2) is 35.8 Å². The molecule has 2 aromatic rings. The number of carbonyl (C=O) groups is 1. The molecule has 112 valence electrons. The first-order valence-electron chi connectivity index (χ1n) is 6.94. The average Bonchev–Trinajstić information content (AvgIpc) is 3.01. The van der Waals surface area contributed by atoms with Gasteiger partial charge in [-0.15, -0.1) is 11.3 Å². The molecule has 1 N–H and O–H groups in total. The van der Waals surface area contributed by atoms with Crippen molar-refractivity contribution < 1.29 is 9.53 Å². The molecule has 1 atom stereocenters. The Balaban J connectivity index is 1.93. The number of thiazole rings is 1. The lowest BCUT2D eigenvalue weighted by molar-refractivity contribution is -0.125. The Bertz CT molecular complexity index is 581. The molecule has 1 aromatic heterocycles. The zero-order valence-electron chi connectivity index (χ0n) is 12.6. The molecule has 2 rings (SSSR count). The number of rotatable bonds is 6. The third-order valence-corrected chi connectivity index (χ3v) is 4.45. The van der Waals surface area contributed by atoms with Crippen molar-refractivity contribution in [3.8, 4) is 5.75 Å². The predicted molar refractivity (Wildman–Crippen MR) is 84.6 cm³/mol. The summed E-state index contributed by atoms with van der Waals surface area (Å²) in [6.07, 6.45) is 2.53. The third-order valence-electron chi connectivity index (χ3n) is 3.42. The minimum Gasteiger partial charge on any atom is -0.484 e. The van der Waals surface area contributed by atoms with Crippen molar-refractivity contribution in [1.29, 1.82) is 0 Å². The second-order valence-corrected chi connectivity index (χ2v) is 6.07. The fourth-order valence-electron chi connectivity index (χ4n) is 1.92. The standard InChI is InChI=1S/C16H20N2O2S/c1-4-16(3,15-17-9-10-21-15)18-14(19)11-20-13-7-5-12(2)6-8-13/h5-10H,4,11H2,1-3H3,(H,18,19)/t16-/m1/s1. The smallest absolute Gasteiger partial charge is 0.258 e. The van der Waals surface area contributed by atoms with Gasteiger partial charge in [-0.1, -0.05) is 24.6 Å². The molecule has 0 unspecified atom stereocenters. The Morgan fingerprint density at radius 3 is 2.67 bits per heavy atom. The van der Waals surface area contributed by atoms with Crippen molar-refractivity contribution in [2.24, 2.45) is 0 Å². The van der Waals surface area contributed by atoms with Gasteiger partial charge in [0.15, 0.2) is 6.61 Å². The first-order valence-corrected chi connectivity index (χ1v) is 7.82. The van der Waals surface area contributed by atoms with Crippen LogP contribution in [0.25, 0.3) is 0 Å². The van der Waals surface area contributed by atoms with Gasteiger partial charge in [0.2, 0.25) is 0 Å². The highest BCUT2D eigenvalue weighted by atomic mass is 32.1. The van der Waals surface area contributed by atoms with Gasteiger partial charge in [0.1, 0.15) is 10.8 Å². The van der Waals surface area contributed by atoms with Gasteiger partial charge in [-0.05, 0) is 32.4 Å². The second-order valence-electron chi connectivity index (χ2n) is 5.17. The summed E-state index contributed by atoms with van der Waals surface area (Å²) in [4.78, 5) is 16.4. The van der Waals surface area contributed by atoms with Crippen molar-refractivity contribution >= 4 is 17.2 Å². The molecular weight excluding hydrogens is 284 g/mol. The van der Waals surface area contributed by atoms with E-state index in [1.807, 2.05) is 50.4 Å². The lowest BCUT2D eigenvalue weighted by Gasteiger charge is -2.27. The van der Waals surface area contributed by atoms with Crippen molar-refractivity contribution in [3.05, 3.63) is 46.4 Å². The van der Waals surface area contributed by atoms with Gasteiger partial charge in [-0.25, -0.2) is 4.98 Å². The number of ether oxygens (including phenoxy) is 1. The maximum atomic E-state index is 12.1. The van der Waals surface area contributed by atoms with E-state index in [1.54, 1.807) is 17.5 Å². The van der Waals surface area contributed by atoms with Crippen LogP contribution in [-0.4, -0.2) is 17.5 Å². The zero-order chi connectivity index (χ0) is 15.3. The fourth-order valence-corrected chi connectivity index (χ4v) is 2.74. The molecule has 5 heteroatoms. The number of hydrogen-bond acceptors (Lipinski definition) is 4. The molecule has 0 fully saturated rings. The summed E-state index contributed by atoms with van der Waals surface area (Å²) >= 11 is 1.55. The number of carbonyl (C=O) groups excluding carboxylic acids is 1. The summed E-state index contributed by atoms with van der Waals surface area (Å²) in [5.74, 6) is 0.554. The van der Waals surface area contributed by atoms with E-state index >= 15 is 0 Å². The molecule has 21 heavy (non-hydrogen) atoms. The summed E-state index contributed by atoms with van der Waals surface area (Å²) in [5, 5.41) is 5.84. The molecule has 0 aliphatic carbocycles. The van der Waals surface area contributed by atoms with Crippen LogP contribution in [0.5, 0.6) is 5.75 Å². The highest BCUT2D eigenvalue weighted by Gasteiger charge is 2.29. The molecule has 0 saturated heterocycles. The molecule has 1 heterocycles. The molecule has 0 spiro atoms. The molecule has 0 saturated carbocycles. The maximum absolute atomic E-state index is 12.1. The Hall–Kier alpha value is -1.88. The predicted octanol–water partition coefficient (Wildman–Crippen LogP) is 3.27. The Labute approximate surface area is 129 Å². The normalized spacial score (nSPS) is 13.5. The van der Waals surface area contributed by atoms with Gasteiger partial charge in [0, 0.05) is 11.6 Å². The lowest BCUT2D eigenvalue weighted by Crippen LogP contribution is -2.45. The number of benzene rings is 1. The molecule has 0 aliphatic rings. The van der Waals surface area contributed by atoms with Gasteiger partial charge in [0.25, 0.3) is 5.91 Å². The topological polar surface area (TPSA) is 51.2 Å². The van der Waals surface area contributed by atoms with Crippen LogP contribution in [0.1, 0.15) is 30.8 Å². The average molecular weight is 304 g/mol. The highest BCUT2D eigenvalue weighted by Crippen LogP contribution is 2.26. The third kappa shape index (κ3) is 4.04. The van der Waals surface area contributed by atoms with Crippen LogP contribution >= 0.6 is 11.3 Å². The summed E-state index contributed by atoms with van der Waals surface area (Å²) in [5.41, 5.74) is 0.719. The van der Waals surface area contributed by atoms with Crippen molar-refractivity contribution in [3.63, 3.8) is 0 Å². The first kappa shape index (κ1) is 15.5. The van der Waals surface area contributed by atoms with Crippen LogP contribution in [-0.2, 0) is 10.3 Å². The number of nitrogens with one attached hydrogen (secondary N) is 1. The molecule has 1 aromatic carbocycles. The number of nitrogens with zero attached hydrogens (tertiary/aromatic N) is 1. The fraction of sp³-hybridized carbons (Fsp3) is 0.375. The van der Waals surface area contributed by atoms with Gasteiger partial charge < -0.3 is 10.1 Å². The minimum atomic E-state index is -0.443. The SMILES string of the molecule is CC[C@@](C)(NC(=O)COc1ccc(C)cc1)c1nccs1. The van der Waals surface area contributed by atoms with Crippen molar-refractivity contribution in [2.45, 2.75) is 32.7 Å². The summed E-state index contributed by atoms with van der Waals surface area (Å²) < 4.78 is 5.50. The van der Waals surface area contributed by atoms with Crippen LogP contribution in [0.4, 0.5) is 0 Å². The van der Waals surface area contributed by atoms with Crippen LogP contribution < -0.4 is 10.1 Å². The van der Waals surface area contributed by atoms with E-state index in [-0.39, 0.29) is 12.5 Å². The first-order chi connectivity index (χ1) is 10.0. The Morgan fingerprint density at radius 1 is 1.38 bits per heavy atom. The van der Waals surface area contributed by atoms with Gasteiger partial charge >= 0.3 is 0 Å². The van der Waals surface area contributed by atoms with E-state index in [0.717, 1.165) is 17.0 Å². The van der Waals surface area contributed by atoms with Gasteiger partial charge in [-0.3, -0.25) is 4.79 Å². The van der Waals surface area contributed by atoms with E-state index in [1.165, 1.54) is 0 Å². The maximum Gasteiger partial charge on any atom is 0.258 e. The number of aromatic nitrogens is 1. The van der Waals surface area contributed by atoms with E-state index in [9.17, 15) is 4.79 Å². The van der Waals surface area contributed by atoms with Crippen LogP contribution in [0.3, 0.4) is 0 Å². The lowest BCUT2D eigenvalue weighted by atomic mass is 10.00. The Kier molecular flexibility index (Phi) is 4.96. The monoisotopic (exact) mass is 304 g/mol. The molecule has 0 aliphatic heterocycles. The van der Waals surface area contributed by atoms with E-state index in [2.05, 4.69) is 10.3 Å². The second kappa shape index (κ2) is 6.72. The molecule has 0 radical (unpaired) electrons. The summed E-state index contributed by atoms with van der Waals surface area (Å²) in [6, 6.07) is 7.64. The largest absolute Gasteiger partial charge is 0.484 e. The number of hydrogen-bond donors (Lipinski definition) is 1. The molecule has 0 bridgehead atoms. The van der Waals surface area contributed by atoms with E-state index in [4.69, 9.17) is 4.74 Å². The van der Waals surface area contributed by atoms with E-state index < -0.39 is 5.54 Å². The Morgan fingerprint density at radius 2 is 2.10 bits per heavy atom. The van der Waals surface area contributed by atoms with Crippen molar-refractivity contribution in [1.82, 2.24) is 10.3 Å². The zero-order valence-corrected chi connectivity index (χ0v) is 13.4. The minimum absolute atomic E-state index is 0.00399. The van der Waals surface area contributed by atoms with Gasteiger partial charge in [0.05, 0.1) is 5.54 Å². The molecule has 4 nitrogen and oxygen atoms in total. The summed E-state index contributed by atoms with van der Waals surface area (Å²) in [7, 11) is 0. The number of aryl methyl sites for hydroxylation is 1. The summed E-state index contributed by atoms with van der Waals surface area (Å²) in [6.45, 7) is 6.03. The molecule has 1 amide bonds. The van der Waals surface area contributed by atoms with E-state index in [0.29, 0.717) is 5.75 Å². The highest BCUT2D eigenvalue weighted by molar-refractivity contribution is 7.09.